The summed E-state index contributed by atoms with van der Waals surface area (Å²) >= 11 is 1.91. The molecule has 0 aromatic heterocycles. The molecule has 32 heavy (non-hydrogen) atoms. The summed E-state index contributed by atoms with van der Waals surface area (Å²) in [5, 5.41) is 4.27. The first kappa shape index (κ1) is 24.7. The van der Waals surface area contributed by atoms with Gasteiger partial charge < -0.3 is 0 Å². The van der Waals surface area contributed by atoms with E-state index in [0.29, 0.717) is 11.2 Å². The van der Waals surface area contributed by atoms with Gasteiger partial charge in [0, 0.05) is 53.0 Å². The van der Waals surface area contributed by atoms with Crippen molar-refractivity contribution < 1.29 is 41.3 Å². The molecule has 3 aromatic rings. The number of nitrogens with zero attached hydrogens (tertiary/aromatic N) is 3. The first-order valence-electron chi connectivity index (χ1n) is 10.5. The van der Waals surface area contributed by atoms with E-state index in [4.69, 9.17) is 14.3 Å². The van der Waals surface area contributed by atoms with Crippen molar-refractivity contribution in [3.63, 3.8) is 0 Å². The summed E-state index contributed by atoms with van der Waals surface area (Å²) < 4.78 is 6.11. The van der Waals surface area contributed by atoms with Crippen molar-refractivity contribution in [2.75, 3.05) is 12.4 Å². The molecular formula is C25H25N3PPrS2-. The average molecular weight is 604 g/mol. The minimum atomic E-state index is -0.184. The van der Waals surface area contributed by atoms with Crippen LogP contribution in [0.15, 0.2) is 68.9 Å². The molecule has 1 radical (unpaired) electrons. The largest absolute Gasteiger partial charge is 0.270 e. The molecule has 3 nitrogen and oxygen atoms in total. The molecule has 3 aromatic carbocycles. The Morgan fingerprint density at radius 3 is 2.66 bits per heavy atom. The molecule has 2 aliphatic rings. The summed E-state index contributed by atoms with van der Waals surface area (Å²) in [5.41, 5.74) is 3.54. The van der Waals surface area contributed by atoms with Crippen molar-refractivity contribution >= 4 is 58.0 Å². The first-order valence-corrected chi connectivity index (χ1v) is 13.3. The van der Waals surface area contributed by atoms with Gasteiger partial charge in [0.1, 0.15) is 16.1 Å². The molecule has 0 saturated carbocycles. The molecule has 2 aliphatic heterocycles. The van der Waals surface area contributed by atoms with Gasteiger partial charge in [-0.15, -0.1) is 16.4 Å². The van der Waals surface area contributed by atoms with Crippen molar-refractivity contribution in [3.05, 3.63) is 66.2 Å². The third-order valence-electron chi connectivity index (χ3n) is 5.66. The van der Waals surface area contributed by atoms with E-state index in [2.05, 4.69) is 83.8 Å². The van der Waals surface area contributed by atoms with E-state index in [1.54, 1.807) is 0 Å². The minimum absolute atomic E-state index is 0. The Bertz CT molecular complexity index is 1250. The van der Waals surface area contributed by atoms with Gasteiger partial charge in [-0.1, -0.05) is 73.6 Å². The molecule has 7 heteroatoms. The molecule has 0 bridgehead atoms. The van der Waals surface area contributed by atoms with Gasteiger partial charge in [-0.3, -0.25) is 9.98 Å². The van der Waals surface area contributed by atoms with Crippen molar-refractivity contribution in [1.29, 1.82) is 0 Å². The Morgan fingerprint density at radius 1 is 1.09 bits per heavy atom. The zero-order chi connectivity index (χ0) is 21.4. The number of fused-ring (bicyclic) bond motifs is 1. The summed E-state index contributed by atoms with van der Waals surface area (Å²) in [7, 11) is 2.69. The van der Waals surface area contributed by atoms with Crippen molar-refractivity contribution in [3.8, 4) is 11.1 Å². The molecule has 0 N–H and O–H groups in total. The van der Waals surface area contributed by atoms with Crippen molar-refractivity contribution in [1.82, 2.24) is 0 Å². The zero-order valence-corrected chi connectivity index (χ0v) is 24.8. The summed E-state index contributed by atoms with van der Waals surface area (Å²) in [6.07, 6.45) is 0.728. The van der Waals surface area contributed by atoms with Crippen LogP contribution in [0.5, 0.6) is 0 Å². The number of rotatable bonds is 4. The van der Waals surface area contributed by atoms with Gasteiger partial charge in [0.25, 0.3) is 0 Å². The molecule has 3 atom stereocenters. The van der Waals surface area contributed by atoms with Crippen LogP contribution in [0.1, 0.15) is 19.4 Å². The smallest absolute Gasteiger partial charge is 0.138 e. The molecule has 161 valence electrons. The fourth-order valence-electron chi connectivity index (χ4n) is 3.74. The van der Waals surface area contributed by atoms with Crippen molar-refractivity contribution in [2.45, 2.75) is 25.5 Å². The molecule has 0 saturated heterocycles. The van der Waals surface area contributed by atoms with Gasteiger partial charge in [0.05, 0.1) is 6.54 Å². The van der Waals surface area contributed by atoms with E-state index >= 15 is 0 Å². The molecular weight excluding hydrogens is 578 g/mol. The number of benzene rings is 3. The van der Waals surface area contributed by atoms with Gasteiger partial charge >= 0.3 is 0 Å². The monoisotopic (exact) mass is 603 g/mol. The Kier molecular flexibility index (Phi) is 8.38. The van der Waals surface area contributed by atoms with Gasteiger partial charge in [-0.25, -0.2) is 4.36 Å². The van der Waals surface area contributed by atoms with Crippen LogP contribution in [-0.4, -0.2) is 27.9 Å². The fraction of sp³-hybridized carbons (Fsp3) is 0.280. The van der Waals surface area contributed by atoms with E-state index in [0.717, 1.165) is 35.5 Å². The maximum atomic E-state index is 4.91. The minimum Gasteiger partial charge on any atom is -0.270 e. The average Bonchev–Trinajstić information content (AvgIpc) is 3.44. The summed E-state index contributed by atoms with van der Waals surface area (Å²) in [4.78, 5) is 9.48. The summed E-state index contributed by atoms with van der Waals surface area (Å²) in [6.45, 7) is 5.46. The van der Waals surface area contributed by atoms with Crippen LogP contribution in [-0.2, 0) is 17.1 Å². The topological polar surface area (TPSA) is 37.1 Å². The first-order chi connectivity index (χ1) is 15.1. The molecule has 5 rings (SSSR count). The Hall–Kier alpha value is -0.446. The van der Waals surface area contributed by atoms with Crippen LogP contribution in [0.2, 0.25) is 0 Å². The standard InChI is InChI=1S/C25H25N3PS2.Pr/c1-16(2)23-14-26-25(30-23)31-15-27-24(28-31)13-21-10-9-20(12-22(21)29)19-8-7-17-5-3-4-6-18(17)11-19;/h3-9,11-12,16,23H,13-15,29H2,1-2H3;/q-1;. The molecule has 3 unspecified atom stereocenters. The van der Waals surface area contributed by atoms with Gasteiger partial charge in [0.15, 0.2) is 0 Å². The SMILES string of the molecule is CC(C)C1CN=C(S2=NC(Cc3[c-]cc(-c4ccc5ccccc5c4)cc3P)=NC2)S1.[Pr]. The number of hydrogen-bond donors (Lipinski definition) is 0. The third kappa shape index (κ3) is 5.44. The molecule has 0 amide bonds. The van der Waals surface area contributed by atoms with Crippen LogP contribution >= 0.6 is 21.0 Å². The number of thioether (sulfide) groups is 1. The second-order valence-electron chi connectivity index (χ2n) is 8.23. The Morgan fingerprint density at radius 2 is 1.91 bits per heavy atom. The second-order valence-corrected chi connectivity index (χ2v) is 11.9. The summed E-state index contributed by atoms with van der Waals surface area (Å²) in [6, 6.07) is 22.9. The van der Waals surface area contributed by atoms with Crippen LogP contribution in [0.4, 0.5) is 0 Å². The van der Waals surface area contributed by atoms with Gasteiger partial charge in [-0.05, 0) is 27.4 Å². The third-order valence-corrected chi connectivity index (χ3v) is 9.71. The fourth-order valence-corrected chi connectivity index (χ4v) is 7.14. The van der Waals surface area contributed by atoms with Crippen molar-refractivity contribution in [2.24, 2.45) is 20.3 Å². The molecule has 2 heterocycles. The normalized spacial score (nSPS) is 20.1. The number of hydrogen-bond acceptors (Lipinski definition) is 4. The van der Waals surface area contributed by atoms with Gasteiger partial charge in [0.2, 0.25) is 0 Å². The van der Waals surface area contributed by atoms with E-state index in [-0.39, 0.29) is 52.0 Å². The van der Waals surface area contributed by atoms with E-state index < -0.39 is 0 Å². The van der Waals surface area contributed by atoms with E-state index in [9.17, 15) is 0 Å². The van der Waals surface area contributed by atoms with Crippen LogP contribution in [0.25, 0.3) is 21.9 Å². The molecule has 0 fully saturated rings. The van der Waals surface area contributed by atoms with Gasteiger partial charge in [-0.2, -0.15) is 27.4 Å². The van der Waals surface area contributed by atoms with E-state index in [1.165, 1.54) is 26.3 Å². The zero-order valence-electron chi connectivity index (χ0n) is 18.3. The Balaban J connectivity index is 0.00000245. The number of amidine groups is 1. The second kappa shape index (κ2) is 10.9. The van der Waals surface area contributed by atoms with Crippen LogP contribution < -0.4 is 5.30 Å². The number of aliphatic imine (C=N–C) groups is 2. The maximum absolute atomic E-state index is 4.91. The van der Waals surface area contributed by atoms with Crippen LogP contribution in [0, 0.1) is 53.3 Å². The maximum Gasteiger partial charge on any atom is 0.138 e. The molecule has 0 spiro atoms. The predicted octanol–water partition coefficient (Wildman–Crippen LogP) is 5.65. The Labute approximate surface area is 232 Å². The predicted molar refractivity (Wildman–Crippen MR) is 142 cm³/mol. The van der Waals surface area contributed by atoms with Crippen LogP contribution in [0.3, 0.4) is 0 Å². The van der Waals surface area contributed by atoms with E-state index in [1.807, 2.05) is 11.8 Å². The quantitative estimate of drug-likeness (QED) is 0.281. The molecule has 0 aliphatic carbocycles. The summed E-state index contributed by atoms with van der Waals surface area (Å²) in [5.74, 6) is 2.33.